The van der Waals surface area contributed by atoms with Crippen LogP contribution in [0.3, 0.4) is 0 Å². The Morgan fingerprint density at radius 3 is 3.05 bits per heavy atom. The van der Waals surface area contributed by atoms with Crippen LogP contribution in [0.1, 0.15) is 12.8 Å². The van der Waals surface area contributed by atoms with Crippen LogP contribution < -0.4 is 16.0 Å². The number of carbonyl (C=O) groups is 1. The minimum absolute atomic E-state index is 0.00172. The Balaban J connectivity index is 1.79. The fourth-order valence-electron chi connectivity index (χ4n) is 2.52. The number of nitrogens with two attached hydrogens (primary N) is 1. The van der Waals surface area contributed by atoms with Crippen LogP contribution >= 0.6 is 0 Å². The normalized spacial score (nSPS) is 19.2. The van der Waals surface area contributed by atoms with Gasteiger partial charge in [0.15, 0.2) is 0 Å². The number of rotatable bonds is 6. The van der Waals surface area contributed by atoms with Gasteiger partial charge in [-0.2, -0.15) is 0 Å². The fraction of sp³-hybridized carbons (Fsp3) is 0.643. The maximum atomic E-state index is 11.3. The second kappa shape index (κ2) is 7.21. The minimum atomic E-state index is -0.181. The van der Waals surface area contributed by atoms with E-state index in [-0.39, 0.29) is 11.8 Å². The second-order valence-electron chi connectivity index (χ2n) is 5.62. The van der Waals surface area contributed by atoms with Crippen molar-refractivity contribution in [2.45, 2.75) is 12.8 Å². The van der Waals surface area contributed by atoms with E-state index >= 15 is 0 Å². The van der Waals surface area contributed by atoms with Gasteiger partial charge in [0.25, 0.3) is 0 Å². The molecule has 0 aromatic carbocycles. The van der Waals surface area contributed by atoms with Crippen molar-refractivity contribution in [2.75, 3.05) is 50.5 Å². The van der Waals surface area contributed by atoms with Gasteiger partial charge in [-0.3, -0.25) is 4.79 Å². The van der Waals surface area contributed by atoms with Crippen molar-refractivity contribution < 1.29 is 4.79 Å². The Labute approximate surface area is 125 Å². The molecule has 2 rings (SSSR count). The number of nitrogens with zero attached hydrogens (tertiary/aromatic N) is 4. The summed E-state index contributed by atoms with van der Waals surface area (Å²) >= 11 is 0. The molecule has 1 unspecified atom stereocenters. The average molecular weight is 292 g/mol. The summed E-state index contributed by atoms with van der Waals surface area (Å²) in [4.78, 5) is 23.9. The van der Waals surface area contributed by atoms with Crippen molar-refractivity contribution in [1.29, 1.82) is 0 Å². The first-order valence-electron chi connectivity index (χ1n) is 7.31. The Bertz CT molecular complexity index is 478. The van der Waals surface area contributed by atoms with Crippen LogP contribution in [-0.2, 0) is 4.79 Å². The van der Waals surface area contributed by atoms with E-state index in [4.69, 9.17) is 5.73 Å². The van der Waals surface area contributed by atoms with Crippen molar-refractivity contribution in [2.24, 2.45) is 11.7 Å². The molecule has 1 atom stereocenters. The highest BCUT2D eigenvalue weighted by Gasteiger charge is 2.23. The summed E-state index contributed by atoms with van der Waals surface area (Å²) in [6.07, 6.45) is 3.50. The van der Waals surface area contributed by atoms with E-state index in [1.54, 1.807) is 6.33 Å². The van der Waals surface area contributed by atoms with E-state index in [0.717, 1.165) is 50.7 Å². The molecule has 7 nitrogen and oxygen atoms in total. The number of hydrogen-bond acceptors (Lipinski definition) is 6. The number of piperidine rings is 1. The highest BCUT2D eigenvalue weighted by Crippen LogP contribution is 2.16. The van der Waals surface area contributed by atoms with Crippen LogP contribution in [0.15, 0.2) is 12.4 Å². The highest BCUT2D eigenvalue weighted by molar-refractivity contribution is 5.76. The van der Waals surface area contributed by atoms with E-state index in [2.05, 4.69) is 20.2 Å². The third-order valence-electron chi connectivity index (χ3n) is 3.75. The van der Waals surface area contributed by atoms with Crippen molar-refractivity contribution in [3.63, 3.8) is 0 Å². The molecule has 7 heteroatoms. The zero-order chi connectivity index (χ0) is 15.2. The van der Waals surface area contributed by atoms with Crippen LogP contribution in [-0.4, -0.2) is 61.0 Å². The lowest BCUT2D eigenvalue weighted by molar-refractivity contribution is -0.123. The van der Waals surface area contributed by atoms with Gasteiger partial charge in [0, 0.05) is 39.8 Å². The van der Waals surface area contributed by atoms with Crippen LogP contribution in [0, 0.1) is 5.92 Å². The summed E-state index contributed by atoms with van der Waals surface area (Å²) in [5.74, 6) is 1.51. The van der Waals surface area contributed by atoms with Gasteiger partial charge in [0.05, 0.1) is 5.92 Å². The average Bonchev–Trinajstić information content (AvgIpc) is 2.48. The van der Waals surface area contributed by atoms with E-state index in [1.807, 2.05) is 25.1 Å². The second-order valence-corrected chi connectivity index (χ2v) is 5.62. The van der Waals surface area contributed by atoms with Gasteiger partial charge in [-0.15, -0.1) is 0 Å². The van der Waals surface area contributed by atoms with E-state index in [0.29, 0.717) is 0 Å². The zero-order valence-corrected chi connectivity index (χ0v) is 12.7. The van der Waals surface area contributed by atoms with Gasteiger partial charge in [-0.05, 0) is 19.4 Å². The Kier molecular flexibility index (Phi) is 5.32. The Hall–Kier alpha value is -1.89. The summed E-state index contributed by atoms with van der Waals surface area (Å²) in [5.41, 5.74) is 5.39. The van der Waals surface area contributed by atoms with Gasteiger partial charge in [0.1, 0.15) is 18.0 Å². The first-order chi connectivity index (χ1) is 10.1. The van der Waals surface area contributed by atoms with Gasteiger partial charge in [-0.25, -0.2) is 9.97 Å². The predicted molar refractivity (Wildman–Crippen MR) is 83.2 cm³/mol. The van der Waals surface area contributed by atoms with Gasteiger partial charge in [-0.1, -0.05) is 0 Å². The number of nitrogens with one attached hydrogen (secondary N) is 1. The van der Waals surface area contributed by atoms with E-state index in [1.165, 1.54) is 0 Å². The molecule has 1 aromatic rings. The van der Waals surface area contributed by atoms with Gasteiger partial charge in [0.2, 0.25) is 5.91 Å². The maximum absolute atomic E-state index is 11.3. The molecular weight excluding hydrogens is 268 g/mol. The van der Waals surface area contributed by atoms with E-state index < -0.39 is 0 Å². The molecule has 1 amide bonds. The first-order valence-corrected chi connectivity index (χ1v) is 7.31. The standard InChI is InChI=1S/C14H24N6O/c1-19(2)13-8-12(17-10-18-13)16-5-7-20-6-3-4-11(9-20)14(15)21/h8,10-11H,3-7,9H2,1-2H3,(H2,15,21)(H,16,17,18). The molecular formula is C14H24N6O. The molecule has 2 heterocycles. The fourth-order valence-corrected chi connectivity index (χ4v) is 2.52. The molecule has 1 saturated heterocycles. The van der Waals surface area contributed by atoms with Crippen LogP contribution in [0.25, 0.3) is 0 Å². The monoisotopic (exact) mass is 292 g/mol. The minimum Gasteiger partial charge on any atom is -0.369 e. The summed E-state index contributed by atoms with van der Waals surface area (Å²) < 4.78 is 0. The number of anilines is 2. The molecule has 3 N–H and O–H groups in total. The molecule has 1 aromatic heterocycles. The maximum Gasteiger partial charge on any atom is 0.221 e. The van der Waals surface area contributed by atoms with Crippen LogP contribution in [0.5, 0.6) is 0 Å². The lowest BCUT2D eigenvalue weighted by atomic mass is 9.97. The summed E-state index contributed by atoms with van der Waals surface area (Å²) in [6, 6.07) is 1.92. The third kappa shape index (κ3) is 4.56. The highest BCUT2D eigenvalue weighted by atomic mass is 16.1. The van der Waals surface area contributed by atoms with Gasteiger partial charge >= 0.3 is 0 Å². The molecule has 0 radical (unpaired) electrons. The molecule has 0 saturated carbocycles. The number of primary amides is 1. The molecule has 0 spiro atoms. The number of carbonyl (C=O) groups excluding carboxylic acids is 1. The SMILES string of the molecule is CN(C)c1cc(NCCN2CCCC(C(N)=O)C2)ncn1. The van der Waals surface area contributed by atoms with Crippen molar-refractivity contribution in [3.8, 4) is 0 Å². The summed E-state index contributed by atoms with van der Waals surface area (Å²) in [7, 11) is 3.90. The predicted octanol–water partition coefficient (Wildman–Crippen LogP) is 0.152. The molecule has 1 aliphatic heterocycles. The molecule has 21 heavy (non-hydrogen) atoms. The smallest absolute Gasteiger partial charge is 0.221 e. The lowest BCUT2D eigenvalue weighted by Crippen LogP contribution is -2.42. The van der Waals surface area contributed by atoms with Crippen LogP contribution in [0.2, 0.25) is 0 Å². The first kappa shape index (κ1) is 15.5. The number of amides is 1. The number of hydrogen-bond donors (Lipinski definition) is 2. The van der Waals surface area contributed by atoms with Crippen LogP contribution in [0.4, 0.5) is 11.6 Å². The lowest BCUT2D eigenvalue weighted by Gasteiger charge is -2.31. The summed E-state index contributed by atoms with van der Waals surface area (Å²) in [5, 5.41) is 3.30. The summed E-state index contributed by atoms with van der Waals surface area (Å²) in [6.45, 7) is 3.46. The molecule has 0 aliphatic carbocycles. The molecule has 1 fully saturated rings. The van der Waals surface area contributed by atoms with Gasteiger partial charge < -0.3 is 20.9 Å². The topological polar surface area (TPSA) is 87.4 Å². The third-order valence-corrected chi connectivity index (χ3v) is 3.75. The quantitative estimate of drug-likeness (QED) is 0.776. The Morgan fingerprint density at radius 1 is 1.52 bits per heavy atom. The van der Waals surface area contributed by atoms with E-state index in [9.17, 15) is 4.79 Å². The number of likely N-dealkylation sites (tertiary alicyclic amines) is 1. The molecule has 0 bridgehead atoms. The zero-order valence-electron chi connectivity index (χ0n) is 12.7. The molecule has 1 aliphatic rings. The van der Waals surface area contributed by atoms with Crippen molar-refractivity contribution in [3.05, 3.63) is 12.4 Å². The molecule has 116 valence electrons. The van der Waals surface area contributed by atoms with Crippen molar-refractivity contribution in [1.82, 2.24) is 14.9 Å². The van der Waals surface area contributed by atoms with Crippen molar-refractivity contribution >= 4 is 17.5 Å². The Morgan fingerprint density at radius 2 is 2.33 bits per heavy atom. The largest absolute Gasteiger partial charge is 0.369 e. The number of aromatic nitrogens is 2.